The fourth-order valence-electron chi connectivity index (χ4n) is 1.98. The number of piperidine rings is 1. The van der Waals surface area contributed by atoms with Crippen LogP contribution < -0.4 is 5.43 Å². The molecule has 7 heteroatoms. The molecule has 2 aliphatic heterocycles. The SMILES string of the molecule is CO[C@H]1CCN(C(=O)C2CN=NN2)C[C@H]1F. The van der Waals surface area contributed by atoms with E-state index in [1.54, 1.807) is 0 Å². The molecule has 0 aromatic carbocycles. The summed E-state index contributed by atoms with van der Waals surface area (Å²) in [5.74, 6) is -0.137. The first-order valence-corrected chi connectivity index (χ1v) is 5.30. The molecule has 1 N–H and O–H groups in total. The summed E-state index contributed by atoms with van der Waals surface area (Å²) in [4.78, 5) is 13.4. The van der Waals surface area contributed by atoms with Crippen molar-refractivity contribution in [1.29, 1.82) is 0 Å². The number of hydrogen-bond acceptors (Lipinski definition) is 5. The van der Waals surface area contributed by atoms with Crippen LogP contribution in [0.3, 0.4) is 0 Å². The molecule has 0 aliphatic carbocycles. The van der Waals surface area contributed by atoms with Gasteiger partial charge in [0.05, 0.1) is 19.2 Å². The molecule has 90 valence electrons. The molecule has 0 aromatic rings. The molecule has 2 aliphatic rings. The van der Waals surface area contributed by atoms with E-state index < -0.39 is 18.3 Å². The van der Waals surface area contributed by atoms with Gasteiger partial charge in [0, 0.05) is 13.7 Å². The Labute approximate surface area is 92.8 Å². The number of hydrogen-bond donors (Lipinski definition) is 1. The molecule has 1 unspecified atom stereocenters. The zero-order valence-electron chi connectivity index (χ0n) is 9.10. The van der Waals surface area contributed by atoms with E-state index in [4.69, 9.17) is 4.74 Å². The molecule has 0 aromatic heterocycles. The summed E-state index contributed by atoms with van der Waals surface area (Å²) in [6.45, 7) is 0.950. The topological polar surface area (TPSA) is 66.3 Å². The minimum absolute atomic E-state index is 0.0928. The first-order valence-electron chi connectivity index (χ1n) is 5.30. The minimum Gasteiger partial charge on any atom is -0.378 e. The summed E-state index contributed by atoms with van der Waals surface area (Å²) in [5.41, 5.74) is 2.61. The van der Waals surface area contributed by atoms with Crippen molar-refractivity contribution in [3.63, 3.8) is 0 Å². The van der Waals surface area contributed by atoms with Crippen molar-refractivity contribution < 1.29 is 13.9 Å². The van der Waals surface area contributed by atoms with E-state index in [1.807, 2.05) is 0 Å². The number of halogens is 1. The van der Waals surface area contributed by atoms with Crippen molar-refractivity contribution in [3.8, 4) is 0 Å². The third-order valence-corrected chi connectivity index (χ3v) is 2.94. The minimum atomic E-state index is -1.11. The van der Waals surface area contributed by atoms with Crippen molar-refractivity contribution in [2.75, 3.05) is 26.7 Å². The molecule has 0 spiro atoms. The molecule has 2 heterocycles. The van der Waals surface area contributed by atoms with E-state index in [0.717, 1.165) is 0 Å². The maximum atomic E-state index is 13.6. The van der Waals surface area contributed by atoms with Crippen LogP contribution in [0.15, 0.2) is 10.3 Å². The predicted molar refractivity (Wildman–Crippen MR) is 53.5 cm³/mol. The second-order valence-electron chi connectivity index (χ2n) is 3.97. The number of nitrogens with zero attached hydrogens (tertiary/aromatic N) is 3. The van der Waals surface area contributed by atoms with Crippen LogP contribution in [-0.4, -0.2) is 55.9 Å². The van der Waals surface area contributed by atoms with Gasteiger partial charge in [-0.1, -0.05) is 5.22 Å². The van der Waals surface area contributed by atoms with E-state index >= 15 is 0 Å². The molecule has 1 saturated heterocycles. The lowest BCUT2D eigenvalue weighted by Crippen LogP contribution is -2.53. The van der Waals surface area contributed by atoms with Crippen LogP contribution in [0.2, 0.25) is 0 Å². The number of ether oxygens (including phenoxy) is 1. The van der Waals surface area contributed by atoms with E-state index in [9.17, 15) is 9.18 Å². The lowest BCUT2D eigenvalue weighted by molar-refractivity contribution is -0.137. The fraction of sp³-hybridized carbons (Fsp3) is 0.889. The summed E-state index contributed by atoms with van der Waals surface area (Å²) in [6, 6.07) is -0.425. The van der Waals surface area contributed by atoms with Gasteiger partial charge in [0.2, 0.25) is 5.91 Å². The van der Waals surface area contributed by atoms with E-state index in [-0.39, 0.29) is 12.5 Å². The molecule has 6 nitrogen and oxygen atoms in total. The maximum Gasteiger partial charge on any atom is 0.248 e. The fourth-order valence-corrected chi connectivity index (χ4v) is 1.98. The van der Waals surface area contributed by atoms with Crippen LogP contribution >= 0.6 is 0 Å². The van der Waals surface area contributed by atoms with Crippen molar-refractivity contribution >= 4 is 5.91 Å². The Bertz CT molecular complexity index is 291. The number of nitrogens with one attached hydrogen (secondary N) is 1. The Morgan fingerprint density at radius 3 is 3.00 bits per heavy atom. The summed E-state index contributed by atoms with van der Waals surface area (Å²) in [7, 11) is 1.49. The third-order valence-electron chi connectivity index (χ3n) is 2.94. The van der Waals surface area contributed by atoms with Gasteiger partial charge in [-0.15, -0.1) is 0 Å². The number of methoxy groups -OCH3 is 1. The van der Waals surface area contributed by atoms with Gasteiger partial charge in [-0.05, 0) is 6.42 Å². The Balaban J connectivity index is 1.89. The quantitative estimate of drug-likeness (QED) is 0.721. The smallest absolute Gasteiger partial charge is 0.248 e. The van der Waals surface area contributed by atoms with Gasteiger partial charge in [-0.3, -0.25) is 10.2 Å². The molecule has 0 radical (unpaired) electrons. The summed E-state index contributed by atoms with van der Waals surface area (Å²) in [5, 5.41) is 7.22. The van der Waals surface area contributed by atoms with Gasteiger partial charge in [0.1, 0.15) is 12.2 Å². The predicted octanol–water partition coefficient (Wildman–Crippen LogP) is -0.0892. The lowest BCUT2D eigenvalue weighted by Gasteiger charge is -2.34. The zero-order valence-corrected chi connectivity index (χ0v) is 9.10. The van der Waals surface area contributed by atoms with E-state index in [0.29, 0.717) is 19.5 Å². The Kier molecular flexibility index (Phi) is 3.33. The molecule has 1 amide bonds. The monoisotopic (exact) mass is 230 g/mol. The van der Waals surface area contributed by atoms with Crippen LogP contribution in [0.25, 0.3) is 0 Å². The Morgan fingerprint density at radius 1 is 1.62 bits per heavy atom. The van der Waals surface area contributed by atoms with Crippen LogP contribution in [0.5, 0.6) is 0 Å². The molecule has 2 rings (SSSR count). The number of likely N-dealkylation sites (tertiary alicyclic amines) is 1. The number of alkyl halides is 1. The first-order chi connectivity index (χ1) is 7.72. The highest BCUT2D eigenvalue weighted by Gasteiger charge is 2.34. The zero-order chi connectivity index (χ0) is 11.5. The lowest BCUT2D eigenvalue weighted by atomic mass is 10.0. The van der Waals surface area contributed by atoms with Gasteiger partial charge < -0.3 is 9.64 Å². The second-order valence-corrected chi connectivity index (χ2v) is 3.97. The molecule has 16 heavy (non-hydrogen) atoms. The van der Waals surface area contributed by atoms with Crippen LogP contribution in [0.1, 0.15) is 6.42 Å². The highest BCUT2D eigenvalue weighted by atomic mass is 19.1. The highest BCUT2D eigenvalue weighted by molar-refractivity contribution is 5.82. The van der Waals surface area contributed by atoms with Gasteiger partial charge in [0.25, 0.3) is 0 Å². The number of carbonyl (C=O) groups excluding carboxylic acids is 1. The molecule has 1 fully saturated rings. The van der Waals surface area contributed by atoms with Crippen molar-refractivity contribution in [2.24, 2.45) is 10.3 Å². The second kappa shape index (κ2) is 4.73. The average Bonchev–Trinajstić information content (AvgIpc) is 2.81. The molecular formula is C9H15FN4O2. The van der Waals surface area contributed by atoms with Crippen molar-refractivity contribution in [2.45, 2.75) is 24.7 Å². The molecule has 0 bridgehead atoms. The summed E-state index contributed by atoms with van der Waals surface area (Å²) < 4.78 is 18.6. The number of rotatable bonds is 2. The third kappa shape index (κ3) is 2.13. The first kappa shape index (κ1) is 11.3. The van der Waals surface area contributed by atoms with Crippen LogP contribution in [0, 0.1) is 0 Å². The van der Waals surface area contributed by atoms with Gasteiger partial charge in [-0.2, -0.15) is 5.11 Å². The number of amides is 1. The maximum absolute atomic E-state index is 13.6. The largest absolute Gasteiger partial charge is 0.378 e. The van der Waals surface area contributed by atoms with E-state index in [1.165, 1.54) is 12.0 Å². The average molecular weight is 230 g/mol. The normalized spacial score (nSPS) is 33.9. The number of carbonyl (C=O) groups is 1. The van der Waals surface area contributed by atoms with Crippen LogP contribution in [-0.2, 0) is 9.53 Å². The van der Waals surface area contributed by atoms with E-state index in [2.05, 4.69) is 15.8 Å². The van der Waals surface area contributed by atoms with Crippen molar-refractivity contribution in [1.82, 2.24) is 10.3 Å². The Morgan fingerprint density at radius 2 is 2.44 bits per heavy atom. The van der Waals surface area contributed by atoms with Gasteiger partial charge >= 0.3 is 0 Å². The Hall–Kier alpha value is -1.24. The molecule has 3 atom stereocenters. The molecule has 0 saturated carbocycles. The van der Waals surface area contributed by atoms with Crippen LogP contribution in [0.4, 0.5) is 4.39 Å². The highest BCUT2D eigenvalue weighted by Crippen LogP contribution is 2.17. The summed E-state index contributed by atoms with van der Waals surface area (Å²) in [6.07, 6.45) is -0.974. The standard InChI is InChI=1S/C9H15FN4O2/c1-16-8-2-3-14(5-6(8)10)9(15)7-4-11-13-12-7/h6-8H,2-5H2,1H3,(H,11,12)/t6-,7?,8+/m1/s1. The van der Waals surface area contributed by atoms with Gasteiger partial charge in [0.15, 0.2) is 0 Å². The summed E-state index contributed by atoms with van der Waals surface area (Å²) >= 11 is 0. The van der Waals surface area contributed by atoms with Crippen molar-refractivity contribution in [3.05, 3.63) is 0 Å². The van der Waals surface area contributed by atoms with Gasteiger partial charge in [-0.25, -0.2) is 4.39 Å². The molecular weight excluding hydrogens is 215 g/mol.